The molecule has 0 radical (unpaired) electrons. The van der Waals surface area contributed by atoms with Gasteiger partial charge in [0.2, 0.25) is 0 Å². The summed E-state index contributed by atoms with van der Waals surface area (Å²) in [7, 11) is 0. The fourth-order valence-corrected chi connectivity index (χ4v) is 5.00. The Morgan fingerprint density at radius 2 is 1.27 bits per heavy atom. The molecule has 0 aliphatic rings. The highest BCUT2D eigenvalue weighted by molar-refractivity contribution is 6.02. The maximum atomic E-state index is 13.4. The first-order valence-corrected chi connectivity index (χ1v) is 12.9. The number of carbonyl (C=O) groups is 1. The maximum Gasteiger partial charge on any atom is 0.410 e. The van der Waals surface area contributed by atoms with Gasteiger partial charge in [-0.3, -0.25) is 0 Å². The van der Waals surface area contributed by atoms with Crippen LogP contribution in [0.15, 0.2) is 54.6 Å². The molecule has 0 fully saturated rings. The predicted molar refractivity (Wildman–Crippen MR) is 141 cm³/mol. The van der Waals surface area contributed by atoms with Crippen molar-refractivity contribution in [1.82, 2.24) is 4.90 Å². The molecule has 2 atom stereocenters. The summed E-state index contributed by atoms with van der Waals surface area (Å²) in [6, 6.07) is 19.0. The van der Waals surface area contributed by atoms with E-state index in [9.17, 15) is 4.79 Å². The minimum Gasteiger partial charge on any atom is -0.444 e. The van der Waals surface area contributed by atoms with Crippen molar-refractivity contribution in [2.75, 3.05) is 13.1 Å². The molecule has 0 aliphatic carbocycles. The van der Waals surface area contributed by atoms with Gasteiger partial charge in [0.05, 0.1) is 0 Å². The monoisotopic (exact) mass is 447 g/mol. The van der Waals surface area contributed by atoms with Gasteiger partial charge >= 0.3 is 6.09 Å². The quantitative estimate of drug-likeness (QED) is 0.260. The van der Waals surface area contributed by atoms with Gasteiger partial charge in [-0.25, -0.2) is 4.79 Å². The van der Waals surface area contributed by atoms with E-state index in [1.54, 1.807) is 0 Å². The molecule has 0 saturated heterocycles. The SMILES string of the molecule is CCCC(CC)CN(CC(CC)CCC)C(=O)OCc1c2ccccc2cc2ccccc12. The summed E-state index contributed by atoms with van der Waals surface area (Å²) in [5, 5.41) is 4.68. The Hall–Kier alpha value is -2.55. The van der Waals surface area contributed by atoms with Crippen LogP contribution in [0.5, 0.6) is 0 Å². The van der Waals surface area contributed by atoms with Crippen LogP contribution in [0, 0.1) is 11.8 Å². The van der Waals surface area contributed by atoms with E-state index >= 15 is 0 Å². The predicted octanol–water partition coefficient (Wildman–Crippen LogP) is 8.58. The molecular weight excluding hydrogens is 406 g/mol. The molecule has 0 aliphatic heterocycles. The van der Waals surface area contributed by atoms with E-state index < -0.39 is 0 Å². The van der Waals surface area contributed by atoms with Crippen molar-refractivity contribution in [3.8, 4) is 0 Å². The largest absolute Gasteiger partial charge is 0.444 e. The zero-order valence-electron chi connectivity index (χ0n) is 21.0. The molecule has 0 saturated carbocycles. The molecular formula is C30H41NO2. The summed E-state index contributed by atoms with van der Waals surface area (Å²) in [5.74, 6) is 1.06. The first-order valence-electron chi connectivity index (χ1n) is 12.9. The Labute approximate surface area is 200 Å². The third-order valence-corrected chi connectivity index (χ3v) is 6.99. The van der Waals surface area contributed by atoms with Crippen molar-refractivity contribution in [3.63, 3.8) is 0 Å². The van der Waals surface area contributed by atoms with Gasteiger partial charge in [0, 0.05) is 18.7 Å². The van der Waals surface area contributed by atoms with Gasteiger partial charge < -0.3 is 9.64 Å². The van der Waals surface area contributed by atoms with E-state index in [-0.39, 0.29) is 6.09 Å². The molecule has 178 valence electrons. The van der Waals surface area contributed by atoms with Crippen LogP contribution in [0.4, 0.5) is 4.79 Å². The van der Waals surface area contributed by atoms with Gasteiger partial charge in [-0.2, -0.15) is 0 Å². The molecule has 0 N–H and O–H groups in total. The summed E-state index contributed by atoms with van der Waals surface area (Å²) in [6.07, 6.45) is 6.62. The zero-order chi connectivity index (χ0) is 23.6. The molecule has 0 aromatic heterocycles. The molecule has 2 unspecified atom stereocenters. The number of hydrogen-bond donors (Lipinski definition) is 0. The molecule has 3 nitrogen and oxygen atoms in total. The van der Waals surface area contributed by atoms with Gasteiger partial charge in [-0.05, 0) is 52.3 Å². The van der Waals surface area contributed by atoms with Crippen molar-refractivity contribution in [1.29, 1.82) is 0 Å². The topological polar surface area (TPSA) is 29.5 Å². The lowest BCUT2D eigenvalue weighted by atomic mass is 9.97. The molecule has 1 amide bonds. The first-order chi connectivity index (χ1) is 16.1. The van der Waals surface area contributed by atoms with Crippen molar-refractivity contribution in [3.05, 3.63) is 60.2 Å². The lowest BCUT2D eigenvalue weighted by Crippen LogP contribution is -2.39. The van der Waals surface area contributed by atoms with Crippen molar-refractivity contribution in [2.45, 2.75) is 72.8 Å². The van der Waals surface area contributed by atoms with E-state index in [0.717, 1.165) is 68.0 Å². The smallest absolute Gasteiger partial charge is 0.410 e. The molecule has 0 bridgehead atoms. The van der Waals surface area contributed by atoms with E-state index in [0.29, 0.717) is 18.4 Å². The molecule has 0 spiro atoms. The van der Waals surface area contributed by atoms with Crippen molar-refractivity contribution < 1.29 is 9.53 Å². The average Bonchev–Trinajstić information content (AvgIpc) is 2.84. The maximum absolute atomic E-state index is 13.4. The number of rotatable bonds is 12. The molecule has 3 aromatic carbocycles. The van der Waals surface area contributed by atoms with E-state index in [1.165, 1.54) is 10.8 Å². The van der Waals surface area contributed by atoms with Gasteiger partial charge in [0.1, 0.15) is 6.61 Å². The number of ether oxygens (including phenoxy) is 1. The molecule has 0 heterocycles. The Morgan fingerprint density at radius 3 is 1.73 bits per heavy atom. The van der Waals surface area contributed by atoms with E-state index in [1.807, 2.05) is 4.90 Å². The van der Waals surface area contributed by atoms with E-state index in [2.05, 4.69) is 82.3 Å². The van der Waals surface area contributed by atoms with Crippen LogP contribution in [-0.4, -0.2) is 24.1 Å². The average molecular weight is 448 g/mol. The number of nitrogens with zero attached hydrogens (tertiary/aromatic N) is 1. The second kappa shape index (κ2) is 12.6. The van der Waals surface area contributed by atoms with Gasteiger partial charge in [0.15, 0.2) is 0 Å². The van der Waals surface area contributed by atoms with E-state index in [4.69, 9.17) is 4.74 Å². The lowest BCUT2D eigenvalue weighted by Gasteiger charge is -2.30. The number of amides is 1. The number of benzene rings is 3. The van der Waals surface area contributed by atoms with Crippen LogP contribution in [0.3, 0.4) is 0 Å². The van der Waals surface area contributed by atoms with Gasteiger partial charge in [-0.15, -0.1) is 0 Å². The number of carbonyl (C=O) groups excluding carboxylic acids is 1. The van der Waals surface area contributed by atoms with Crippen LogP contribution in [0.2, 0.25) is 0 Å². The van der Waals surface area contributed by atoms with Crippen molar-refractivity contribution in [2.24, 2.45) is 11.8 Å². The molecule has 3 heteroatoms. The minimum absolute atomic E-state index is 0.170. The third-order valence-electron chi connectivity index (χ3n) is 6.99. The first kappa shape index (κ1) is 25.1. The lowest BCUT2D eigenvalue weighted by molar-refractivity contribution is 0.0821. The minimum atomic E-state index is -0.170. The highest BCUT2D eigenvalue weighted by Gasteiger charge is 2.23. The molecule has 3 rings (SSSR count). The highest BCUT2D eigenvalue weighted by atomic mass is 16.6. The number of hydrogen-bond acceptors (Lipinski definition) is 2. The normalized spacial score (nSPS) is 13.2. The summed E-state index contributed by atoms with van der Waals surface area (Å²) in [6.45, 7) is 10.8. The van der Waals surface area contributed by atoms with Crippen LogP contribution in [0.25, 0.3) is 21.5 Å². The Balaban J connectivity index is 1.84. The zero-order valence-corrected chi connectivity index (χ0v) is 21.0. The highest BCUT2D eigenvalue weighted by Crippen LogP contribution is 2.29. The Morgan fingerprint density at radius 1 is 0.788 bits per heavy atom. The summed E-state index contributed by atoms with van der Waals surface area (Å²) < 4.78 is 6.04. The standard InChI is InChI=1S/C30H41NO2/c1-5-13-23(7-3)20-31(21-24(8-4)14-6-2)30(32)33-22-29-27-17-11-9-15-25(27)19-26-16-10-12-18-28(26)29/h9-12,15-19,23-24H,5-8,13-14,20-22H2,1-4H3. The van der Waals surface area contributed by atoms with Gasteiger partial charge in [-0.1, -0.05) is 102 Å². The number of fused-ring (bicyclic) bond motifs is 2. The fourth-order valence-electron chi connectivity index (χ4n) is 5.00. The summed E-state index contributed by atoms with van der Waals surface area (Å²) in [4.78, 5) is 15.4. The fraction of sp³-hybridized carbons (Fsp3) is 0.500. The van der Waals surface area contributed by atoms with Crippen molar-refractivity contribution >= 4 is 27.6 Å². The van der Waals surface area contributed by atoms with Crippen LogP contribution in [0.1, 0.15) is 71.8 Å². The van der Waals surface area contributed by atoms with Crippen LogP contribution >= 0.6 is 0 Å². The second-order valence-electron chi connectivity index (χ2n) is 9.38. The second-order valence-corrected chi connectivity index (χ2v) is 9.38. The van der Waals surface area contributed by atoms with Crippen LogP contribution < -0.4 is 0 Å². The van der Waals surface area contributed by atoms with Crippen LogP contribution in [-0.2, 0) is 11.3 Å². The van der Waals surface area contributed by atoms with Gasteiger partial charge in [0.25, 0.3) is 0 Å². The third kappa shape index (κ3) is 6.50. The molecule has 33 heavy (non-hydrogen) atoms. The Bertz CT molecular complexity index is 958. The molecule has 3 aromatic rings. The summed E-state index contributed by atoms with van der Waals surface area (Å²) in [5.41, 5.74) is 1.10. The Kier molecular flexibility index (Phi) is 9.60. The summed E-state index contributed by atoms with van der Waals surface area (Å²) >= 11 is 0.